The van der Waals surface area contributed by atoms with Crippen LogP contribution in [-0.2, 0) is 6.54 Å². The topological polar surface area (TPSA) is 49.8 Å². The summed E-state index contributed by atoms with van der Waals surface area (Å²) in [5.41, 5.74) is 0.995. The quantitative estimate of drug-likeness (QED) is 0.882. The van der Waals surface area contributed by atoms with E-state index in [4.69, 9.17) is 0 Å². The van der Waals surface area contributed by atoms with Crippen LogP contribution in [0.3, 0.4) is 0 Å². The molecule has 0 spiro atoms. The number of nitrogens with zero attached hydrogens (tertiary/aromatic N) is 2. The monoisotopic (exact) mass is 286 g/mol. The maximum absolute atomic E-state index is 12.8. The summed E-state index contributed by atoms with van der Waals surface area (Å²) in [5, 5.41) is 6.61. The van der Waals surface area contributed by atoms with Gasteiger partial charge in [-0.2, -0.15) is 4.98 Å². The molecule has 0 unspecified atom stereocenters. The molecule has 0 aliphatic heterocycles. The van der Waals surface area contributed by atoms with Crippen molar-refractivity contribution in [2.75, 3.05) is 10.6 Å². The van der Waals surface area contributed by atoms with Gasteiger partial charge < -0.3 is 10.6 Å². The van der Waals surface area contributed by atoms with Crippen LogP contribution in [-0.4, -0.2) is 16.0 Å². The van der Waals surface area contributed by atoms with E-state index in [-0.39, 0.29) is 5.82 Å². The van der Waals surface area contributed by atoms with E-state index in [1.807, 2.05) is 6.07 Å². The fraction of sp³-hybridized carbons (Fsp3) is 0.375. The molecule has 5 heteroatoms. The first-order chi connectivity index (χ1) is 10.3. The number of rotatable bonds is 5. The van der Waals surface area contributed by atoms with Crippen molar-refractivity contribution in [1.82, 2.24) is 9.97 Å². The predicted octanol–water partition coefficient (Wildman–Crippen LogP) is 3.58. The van der Waals surface area contributed by atoms with Gasteiger partial charge in [-0.15, -0.1) is 0 Å². The molecule has 0 amide bonds. The average molecular weight is 286 g/mol. The van der Waals surface area contributed by atoms with Crippen LogP contribution in [0, 0.1) is 5.82 Å². The van der Waals surface area contributed by atoms with Crippen molar-refractivity contribution in [3.05, 3.63) is 47.9 Å². The molecule has 0 radical (unpaired) electrons. The van der Waals surface area contributed by atoms with E-state index >= 15 is 0 Å². The van der Waals surface area contributed by atoms with E-state index in [2.05, 4.69) is 20.6 Å². The van der Waals surface area contributed by atoms with Crippen molar-refractivity contribution < 1.29 is 4.39 Å². The van der Waals surface area contributed by atoms with Crippen LogP contribution in [0.1, 0.15) is 31.2 Å². The third-order valence-corrected chi connectivity index (χ3v) is 3.73. The van der Waals surface area contributed by atoms with Crippen LogP contribution in [0.2, 0.25) is 0 Å². The molecule has 2 N–H and O–H groups in total. The molecule has 1 aromatic heterocycles. The summed E-state index contributed by atoms with van der Waals surface area (Å²) < 4.78 is 12.8. The minimum absolute atomic E-state index is 0.224. The highest BCUT2D eigenvalue weighted by Gasteiger charge is 2.14. The Balaban J connectivity index is 1.58. The van der Waals surface area contributed by atoms with Gasteiger partial charge in [0.15, 0.2) is 0 Å². The maximum Gasteiger partial charge on any atom is 0.224 e. The molecule has 4 nitrogen and oxygen atoms in total. The van der Waals surface area contributed by atoms with Crippen molar-refractivity contribution >= 4 is 11.8 Å². The third-order valence-electron chi connectivity index (χ3n) is 3.73. The highest BCUT2D eigenvalue weighted by atomic mass is 19.1. The summed E-state index contributed by atoms with van der Waals surface area (Å²) in [6, 6.07) is 8.84. The van der Waals surface area contributed by atoms with E-state index in [1.165, 1.54) is 37.8 Å². The first-order valence-electron chi connectivity index (χ1n) is 7.37. The smallest absolute Gasteiger partial charge is 0.224 e. The average Bonchev–Trinajstić information content (AvgIpc) is 3.00. The minimum atomic E-state index is -0.224. The van der Waals surface area contributed by atoms with Crippen molar-refractivity contribution in [2.45, 2.75) is 38.3 Å². The largest absolute Gasteiger partial charge is 0.367 e. The molecule has 1 aliphatic carbocycles. The van der Waals surface area contributed by atoms with Gasteiger partial charge in [0.05, 0.1) is 0 Å². The van der Waals surface area contributed by atoms with Gasteiger partial charge in [-0.1, -0.05) is 25.0 Å². The SMILES string of the molecule is Fc1ccc(CNc2nccc(NC3CCCC3)n2)cc1. The Morgan fingerprint density at radius 3 is 2.62 bits per heavy atom. The zero-order chi connectivity index (χ0) is 14.5. The van der Waals surface area contributed by atoms with Crippen LogP contribution in [0.25, 0.3) is 0 Å². The molecule has 0 bridgehead atoms. The lowest BCUT2D eigenvalue weighted by Crippen LogP contribution is -2.16. The molecule has 0 saturated heterocycles. The first-order valence-corrected chi connectivity index (χ1v) is 7.37. The summed E-state index contributed by atoms with van der Waals surface area (Å²) in [4.78, 5) is 8.67. The van der Waals surface area contributed by atoms with Gasteiger partial charge in [-0.25, -0.2) is 9.37 Å². The normalized spacial score (nSPS) is 15.1. The van der Waals surface area contributed by atoms with Gasteiger partial charge in [0.25, 0.3) is 0 Å². The lowest BCUT2D eigenvalue weighted by molar-refractivity contribution is 0.627. The van der Waals surface area contributed by atoms with Gasteiger partial charge >= 0.3 is 0 Å². The zero-order valence-electron chi connectivity index (χ0n) is 11.8. The van der Waals surface area contributed by atoms with E-state index in [1.54, 1.807) is 18.3 Å². The summed E-state index contributed by atoms with van der Waals surface area (Å²) in [6.07, 6.45) is 6.75. The van der Waals surface area contributed by atoms with E-state index in [9.17, 15) is 4.39 Å². The molecule has 1 saturated carbocycles. The summed E-state index contributed by atoms with van der Waals surface area (Å²) >= 11 is 0. The molecule has 1 fully saturated rings. The molecule has 3 rings (SSSR count). The molecule has 1 aromatic carbocycles. The van der Waals surface area contributed by atoms with Crippen molar-refractivity contribution in [3.8, 4) is 0 Å². The van der Waals surface area contributed by atoms with E-state index < -0.39 is 0 Å². The number of nitrogens with one attached hydrogen (secondary N) is 2. The number of anilines is 2. The van der Waals surface area contributed by atoms with Gasteiger partial charge in [0.2, 0.25) is 5.95 Å². The minimum Gasteiger partial charge on any atom is -0.367 e. The van der Waals surface area contributed by atoms with Crippen LogP contribution in [0.4, 0.5) is 16.2 Å². The summed E-state index contributed by atoms with van der Waals surface area (Å²) in [6.45, 7) is 0.577. The maximum atomic E-state index is 12.8. The van der Waals surface area contributed by atoms with Gasteiger partial charge in [-0.3, -0.25) is 0 Å². The second-order valence-corrected chi connectivity index (χ2v) is 5.37. The van der Waals surface area contributed by atoms with Crippen LogP contribution in [0.15, 0.2) is 36.5 Å². The first kappa shape index (κ1) is 13.8. The Morgan fingerprint density at radius 1 is 1.10 bits per heavy atom. The Hall–Kier alpha value is -2.17. The van der Waals surface area contributed by atoms with Crippen molar-refractivity contribution in [2.24, 2.45) is 0 Å². The van der Waals surface area contributed by atoms with Crippen LogP contribution >= 0.6 is 0 Å². The second kappa shape index (κ2) is 6.52. The molecule has 110 valence electrons. The van der Waals surface area contributed by atoms with Gasteiger partial charge in [0, 0.05) is 18.8 Å². The Labute approximate surface area is 123 Å². The standard InChI is InChI=1S/C16H19FN4/c17-13-7-5-12(6-8-13)11-19-16-18-10-9-15(21-16)20-14-3-1-2-4-14/h5-10,14H,1-4,11H2,(H2,18,19,20,21). The zero-order valence-corrected chi connectivity index (χ0v) is 11.8. The second-order valence-electron chi connectivity index (χ2n) is 5.37. The number of hydrogen-bond acceptors (Lipinski definition) is 4. The molecule has 21 heavy (non-hydrogen) atoms. The third kappa shape index (κ3) is 3.90. The number of benzene rings is 1. The molecule has 1 aliphatic rings. The van der Waals surface area contributed by atoms with E-state index in [0.29, 0.717) is 18.5 Å². The van der Waals surface area contributed by atoms with Crippen LogP contribution < -0.4 is 10.6 Å². The van der Waals surface area contributed by atoms with Crippen molar-refractivity contribution in [3.63, 3.8) is 0 Å². The van der Waals surface area contributed by atoms with E-state index in [0.717, 1.165) is 11.4 Å². The summed E-state index contributed by atoms with van der Waals surface area (Å²) in [5.74, 6) is 1.22. The molecular formula is C16H19FN4. The molecule has 0 atom stereocenters. The molecular weight excluding hydrogens is 267 g/mol. The fourth-order valence-corrected chi connectivity index (χ4v) is 2.59. The predicted molar refractivity (Wildman–Crippen MR) is 81.6 cm³/mol. The number of aromatic nitrogens is 2. The number of hydrogen-bond donors (Lipinski definition) is 2. The Bertz CT molecular complexity index is 579. The highest BCUT2D eigenvalue weighted by molar-refractivity contribution is 5.40. The van der Waals surface area contributed by atoms with Gasteiger partial charge in [0.1, 0.15) is 11.6 Å². The Morgan fingerprint density at radius 2 is 1.86 bits per heavy atom. The van der Waals surface area contributed by atoms with Gasteiger partial charge in [-0.05, 0) is 36.6 Å². The lowest BCUT2D eigenvalue weighted by Gasteiger charge is -2.13. The molecule has 2 aromatic rings. The van der Waals surface area contributed by atoms with Crippen LogP contribution in [0.5, 0.6) is 0 Å². The summed E-state index contributed by atoms with van der Waals surface area (Å²) in [7, 11) is 0. The van der Waals surface area contributed by atoms with Crippen molar-refractivity contribution in [1.29, 1.82) is 0 Å². The highest BCUT2D eigenvalue weighted by Crippen LogP contribution is 2.21. The fourth-order valence-electron chi connectivity index (χ4n) is 2.59. The lowest BCUT2D eigenvalue weighted by atomic mass is 10.2. The number of halogens is 1. The Kier molecular flexibility index (Phi) is 4.28. The molecule has 1 heterocycles.